The van der Waals surface area contributed by atoms with Crippen molar-refractivity contribution in [2.24, 2.45) is 0 Å². The molecule has 0 aliphatic carbocycles. The average molecular weight is 360 g/mol. The number of carboxylic acid groups (broad SMARTS) is 1. The summed E-state index contributed by atoms with van der Waals surface area (Å²) in [5, 5.41) is 9.17. The topological polar surface area (TPSA) is 83.9 Å². The van der Waals surface area contributed by atoms with Crippen molar-refractivity contribution in [3.8, 4) is 5.75 Å². The second-order valence-corrected chi connectivity index (χ2v) is 5.73. The van der Waals surface area contributed by atoms with Crippen molar-refractivity contribution < 1.29 is 24.2 Å². The maximum atomic E-state index is 12.8. The summed E-state index contributed by atoms with van der Waals surface area (Å²) < 4.78 is 5.78. The first-order valence-electron chi connectivity index (χ1n) is 7.49. The van der Waals surface area contributed by atoms with E-state index in [0.29, 0.717) is 16.9 Å². The van der Waals surface area contributed by atoms with Crippen LogP contribution in [0, 0.1) is 0 Å². The van der Waals surface area contributed by atoms with Crippen LogP contribution in [0.15, 0.2) is 48.5 Å². The van der Waals surface area contributed by atoms with Crippen LogP contribution in [0.5, 0.6) is 5.75 Å². The molecule has 25 heavy (non-hydrogen) atoms. The molecule has 1 heterocycles. The number of carboxylic acids is 1. The number of alkyl halides is 1. The number of carbonyl (C=O) groups excluding carboxylic acids is 2. The third-order valence-corrected chi connectivity index (χ3v) is 4.07. The summed E-state index contributed by atoms with van der Waals surface area (Å²) in [4.78, 5) is 36.9. The van der Waals surface area contributed by atoms with Crippen LogP contribution in [-0.2, 0) is 9.59 Å². The lowest BCUT2D eigenvalue weighted by molar-refractivity contribution is -0.138. The largest absolute Gasteiger partial charge is 0.480 e. The van der Waals surface area contributed by atoms with Crippen LogP contribution in [0.3, 0.4) is 0 Å². The van der Waals surface area contributed by atoms with E-state index in [4.69, 9.17) is 21.4 Å². The predicted molar refractivity (Wildman–Crippen MR) is 91.3 cm³/mol. The minimum Gasteiger partial charge on any atom is -0.480 e. The van der Waals surface area contributed by atoms with E-state index in [9.17, 15) is 14.4 Å². The standard InChI is InChI=1S/C18H14ClNO5/c19-9-14(21)12-6-7-15-13(8-12)20(10-16(22)23)18(24)17(25-15)11-4-2-1-3-5-11/h1-8,17H,9-10H2,(H,22,23). The van der Waals surface area contributed by atoms with Crippen molar-refractivity contribution in [2.75, 3.05) is 17.3 Å². The Labute approximate surface area is 148 Å². The highest BCUT2D eigenvalue weighted by Gasteiger charge is 2.36. The summed E-state index contributed by atoms with van der Waals surface area (Å²) in [5.74, 6) is -1.86. The van der Waals surface area contributed by atoms with Gasteiger partial charge in [-0.05, 0) is 18.2 Å². The zero-order valence-corrected chi connectivity index (χ0v) is 13.8. The van der Waals surface area contributed by atoms with Crippen LogP contribution in [0.4, 0.5) is 5.69 Å². The molecule has 0 aromatic heterocycles. The van der Waals surface area contributed by atoms with Gasteiger partial charge in [-0.2, -0.15) is 0 Å². The summed E-state index contributed by atoms with van der Waals surface area (Å²) in [6.45, 7) is -0.531. The highest BCUT2D eigenvalue weighted by molar-refractivity contribution is 6.30. The van der Waals surface area contributed by atoms with Crippen LogP contribution >= 0.6 is 11.6 Å². The third-order valence-electron chi connectivity index (χ3n) is 3.82. The van der Waals surface area contributed by atoms with Crippen LogP contribution < -0.4 is 9.64 Å². The third kappa shape index (κ3) is 3.34. The molecule has 128 valence electrons. The maximum Gasteiger partial charge on any atom is 0.323 e. The minimum atomic E-state index is -1.16. The number of carbonyl (C=O) groups is 3. The van der Waals surface area contributed by atoms with Crippen molar-refractivity contribution in [3.05, 3.63) is 59.7 Å². The Hall–Kier alpha value is -2.86. The van der Waals surface area contributed by atoms with Gasteiger partial charge in [-0.3, -0.25) is 19.3 Å². The highest BCUT2D eigenvalue weighted by atomic mass is 35.5. The van der Waals surface area contributed by atoms with Gasteiger partial charge < -0.3 is 9.84 Å². The lowest BCUT2D eigenvalue weighted by Crippen LogP contribution is -2.44. The molecular weight excluding hydrogens is 346 g/mol. The Balaban J connectivity index is 2.07. The van der Waals surface area contributed by atoms with Gasteiger partial charge in [0.2, 0.25) is 6.10 Å². The SMILES string of the molecule is O=C(O)CN1C(=O)C(c2ccccc2)Oc2ccc(C(=O)CCl)cc21. The second kappa shape index (κ2) is 6.94. The van der Waals surface area contributed by atoms with Gasteiger partial charge in [-0.15, -0.1) is 11.6 Å². The van der Waals surface area contributed by atoms with Gasteiger partial charge in [0.15, 0.2) is 5.78 Å². The number of ether oxygens (including phenoxy) is 1. The van der Waals surface area contributed by atoms with E-state index in [0.717, 1.165) is 4.90 Å². The van der Waals surface area contributed by atoms with Crippen molar-refractivity contribution >= 4 is 34.9 Å². The number of anilines is 1. The van der Waals surface area contributed by atoms with E-state index < -0.39 is 24.5 Å². The van der Waals surface area contributed by atoms with Crippen LogP contribution in [-0.4, -0.2) is 35.2 Å². The number of amides is 1. The number of halogens is 1. The van der Waals surface area contributed by atoms with E-state index in [2.05, 4.69) is 0 Å². The van der Waals surface area contributed by atoms with Crippen molar-refractivity contribution in [2.45, 2.75) is 6.10 Å². The van der Waals surface area contributed by atoms with Gasteiger partial charge in [0.25, 0.3) is 5.91 Å². The fourth-order valence-corrected chi connectivity index (χ4v) is 2.81. The Morgan fingerprint density at radius 2 is 1.88 bits per heavy atom. The first kappa shape index (κ1) is 17.0. The molecule has 0 bridgehead atoms. The molecule has 1 atom stereocenters. The molecule has 2 aromatic carbocycles. The number of aliphatic carboxylic acids is 1. The zero-order valence-electron chi connectivity index (χ0n) is 13.0. The number of hydrogen-bond donors (Lipinski definition) is 1. The lowest BCUT2D eigenvalue weighted by Gasteiger charge is -2.33. The summed E-state index contributed by atoms with van der Waals surface area (Å²) >= 11 is 5.57. The lowest BCUT2D eigenvalue weighted by atomic mass is 10.0. The summed E-state index contributed by atoms with van der Waals surface area (Å²) in [5.41, 5.74) is 1.16. The fraction of sp³-hybridized carbons (Fsp3) is 0.167. The van der Waals surface area contributed by atoms with E-state index in [-0.39, 0.29) is 17.4 Å². The van der Waals surface area contributed by atoms with Crippen molar-refractivity contribution in [3.63, 3.8) is 0 Å². The molecule has 0 saturated heterocycles. The molecule has 1 aliphatic heterocycles. The number of rotatable bonds is 5. The van der Waals surface area contributed by atoms with Gasteiger partial charge in [0, 0.05) is 11.1 Å². The molecule has 7 heteroatoms. The number of nitrogens with zero attached hydrogens (tertiary/aromatic N) is 1. The van der Waals surface area contributed by atoms with E-state index in [1.807, 2.05) is 6.07 Å². The summed E-state index contributed by atoms with van der Waals surface area (Å²) in [6, 6.07) is 13.3. The fourth-order valence-electron chi connectivity index (χ4n) is 2.65. The van der Waals surface area contributed by atoms with Crippen molar-refractivity contribution in [1.82, 2.24) is 0 Å². The Morgan fingerprint density at radius 3 is 2.52 bits per heavy atom. The first-order chi connectivity index (χ1) is 12.0. The molecule has 1 unspecified atom stereocenters. The monoisotopic (exact) mass is 359 g/mol. The smallest absolute Gasteiger partial charge is 0.323 e. The van der Waals surface area contributed by atoms with Gasteiger partial charge in [0.1, 0.15) is 12.3 Å². The van der Waals surface area contributed by atoms with Gasteiger partial charge >= 0.3 is 5.97 Å². The molecule has 0 radical (unpaired) electrons. The second-order valence-electron chi connectivity index (χ2n) is 5.47. The highest BCUT2D eigenvalue weighted by Crippen LogP contribution is 2.39. The summed E-state index contributed by atoms with van der Waals surface area (Å²) in [6.07, 6.45) is -0.942. The van der Waals surface area contributed by atoms with Crippen LogP contribution in [0.25, 0.3) is 0 Å². The van der Waals surface area contributed by atoms with Gasteiger partial charge in [0.05, 0.1) is 11.6 Å². The molecule has 3 rings (SSSR count). The van der Waals surface area contributed by atoms with Crippen molar-refractivity contribution in [1.29, 1.82) is 0 Å². The van der Waals surface area contributed by atoms with Gasteiger partial charge in [-0.25, -0.2) is 0 Å². The van der Waals surface area contributed by atoms with Crippen LogP contribution in [0.2, 0.25) is 0 Å². The maximum absolute atomic E-state index is 12.8. The van der Waals surface area contributed by atoms with E-state index in [1.54, 1.807) is 36.4 Å². The Morgan fingerprint density at radius 1 is 1.16 bits per heavy atom. The predicted octanol–water partition coefficient (Wildman–Crippen LogP) is 2.66. The van der Waals surface area contributed by atoms with E-state index in [1.165, 1.54) is 6.07 Å². The first-order valence-corrected chi connectivity index (χ1v) is 8.02. The van der Waals surface area contributed by atoms with E-state index >= 15 is 0 Å². The molecule has 1 N–H and O–H groups in total. The molecule has 1 aliphatic rings. The zero-order chi connectivity index (χ0) is 18.0. The average Bonchev–Trinajstić information content (AvgIpc) is 2.63. The normalized spacial score (nSPS) is 16.1. The molecule has 6 nitrogen and oxygen atoms in total. The minimum absolute atomic E-state index is 0.209. The number of fused-ring (bicyclic) bond motifs is 1. The molecule has 1 amide bonds. The molecule has 0 saturated carbocycles. The number of benzene rings is 2. The molecule has 0 fully saturated rings. The van der Waals surface area contributed by atoms with Crippen LogP contribution in [0.1, 0.15) is 22.0 Å². The Kier molecular flexibility index (Phi) is 4.72. The Bertz CT molecular complexity index is 837. The van der Waals surface area contributed by atoms with Gasteiger partial charge in [-0.1, -0.05) is 30.3 Å². The number of hydrogen-bond acceptors (Lipinski definition) is 4. The summed E-state index contributed by atoms with van der Waals surface area (Å²) in [7, 11) is 0. The number of ketones is 1. The molecular formula is C18H14ClNO5. The number of Topliss-reactive ketones (excluding diaryl/α,β-unsaturated/α-hetero) is 1. The quantitative estimate of drug-likeness (QED) is 0.655. The molecule has 0 spiro atoms. The molecule has 2 aromatic rings.